The van der Waals surface area contributed by atoms with Crippen LogP contribution in [0.4, 0.5) is 0 Å². The Morgan fingerprint density at radius 3 is 2.37 bits per heavy atom. The van der Waals surface area contributed by atoms with E-state index < -0.39 is 48.0 Å². The van der Waals surface area contributed by atoms with E-state index in [1.54, 1.807) is 26.0 Å². The monoisotopic (exact) mass is 522 g/mol. The molecule has 200 valence electrons. The van der Waals surface area contributed by atoms with Gasteiger partial charge in [0.05, 0.1) is 25.8 Å². The molecular formula is C27H30N4O7. The molecular weight excluding hydrogens is 492 g/mol. The minimum atomic E-state index is -1.68. The molecule has 2 aliphatic rings. The standard InChI is InChI=1S/C27H30N4O7/c1-15(23-16(2)22(30-31-28)24-27(37-23,38-24)26(34)35-4)21(36-17(3)32)14-29-25(33)20-12-10-19(11-13-20)18-8-6-5-7-9-18/h5-13,15-16,21-24H,14H2,1-4H3,(H,29,33)/t15-,16-,21-,22+,23?,24?,27-/m1/s1. The molecule has 0 bridgehead atoms. The number of fused-ring (bicyclic) bond motifs is 1. The van der Waals surface area contributed by atoms with Crippen LogP contribution in [0.1, 0.15) is 31.1 Å². The zero-order valence-electron chi connectivity index (χ0n) is 21.6. The van der Waals surface area contributed by atoms with Crippen LogP contribution in [0.5, 0.6) is 0 Å². The van der Waals surface area contributed by atoms with Crippen LogP contribution in [0.2, 0.25) is 0 Å². The number of carbonyl (C=O) groups excluding carboxylic acids is 3. The Labute approximate surface area is 220 Å². The number of hydrogen-bond acceptors (Lipinski definition) is 8. The Hall–Kier alpha value is -3.92. The summed E-state index contributed by atoms with van der Waals surface area (Å²) in [7, 11) is 1.21. The normalized spacial score (nSPS) is 27.1. The average molecular weight is 523 g/mol. The van der Waals surface area contributed by atoms with Gasteiger partial charge in [-0.2, -0.15) is 0 Å². The number of carbonyl (C=O) groups is 3. The fourth-order valence-electron chi connectivity index (χ4n) is 4.99. The second-order valence-electron chi connectivity index (χ2n) is 9.50. The molecule has 0 radical (unpaired) electrons. The second kappa shape index (κ2) is 11.2. The number of methoxy groups -OCH3 is 1. The Bertz CT molecular complexity index is 1230. The molecule has 2 aromatic carbocycles. The van der Waals surface area contributed by atoms with Gasteiger partial charge >= 0.3 is 11.9 Å². The van der Waals surface area contributed by atoms with Gasteiger partial charge in [0.25, 0.3) is 11.7 Å². The molecule has 2 heterocycles. The van der Waals surface area contributed by atoms with E-state index in [4.69, 9.17) is 24.5 Å². The van der Waals surface area contributed by atoms with Crippen molar-refractivity contribution in [3.8, 4) is 11.1 Å². The zero-order valence-corrected chi connectivity index (χ0v) is 21.6. The van der Waals surface area contributed by atoms with Crippen molar-refractivity contribution in [3.05, 3.63) is 70.6 Å². The molecule has 2 saturated heterocycles. The lowest BCUT2D eigenvalue weighted by molar-refractivity contribution is -0.196. The van der Waals surface area contributed by atoms with E-state index in [0.29, 0.717) is 5.56 Å². The summed E-state index contributed by atoms with van der Waals surface area (Å²) in [4.78, 5) is 40.2. The lowest BCUT2D eigenvalue weighted by atomic mass is 9.80. The number of esters is 2. The smallest absolute Gasteiger partial charge is 0.369 e. The average Bonchev–Trinajstić information content (AvgIpc) is 3.67. The first-order chi connectivity index (χ1) is 18.2. The summed E-state index contributed by atoms with van der Waals surface area (Å²) in [5.74, 6) is -4.19. The number of epoxide rings is 1. The molecule has 0 saturated carbocycles. The second-order valence-corrected chi connectivity index (χ2v) is 9.50. The van der Waals surface area contributed by atoms with Crippen molar-refractivity contribution in [3.63, 3.8) is 0 Å². The number of nitrogens with zero attached hydrogens (tertiary/aromatic N) is 3. The van der Waals surface area contributed by atoms with Crippen LogP contribution < -0.4 is 5.32 Å². The van der Waals surface area contributed by atoms with E-state index >= 15 is 0 Å². The quantitative estimate of drug-likeness (QED) is 0.173. The lowest BCUT2D eigenvalue weighted by Gasteiger charge is -2.39. The first-order valence-electron chi connectivity index (χ1n) is 12.3. The van der Waals surface area contributed by atoms with Crippen molar-refractivity contribution < 1.29 is 33.3 Å². The van der Waals surface area contributed by atoms with Crippen molar-refractivity contribution in [2.75, 3.05) is 13.7 Å². The van der Waals surface area contributed by atoms with E-state index in [9.17, 15) is 14.4 Å². The summed E-state index contributed by atoms with van der Waals surface area (Å²) < 4.78 is 22.0. The SMILES string of the molecule is COC(=O)[C@@]12OC([C@H](C)[C@@H](CNC(=O)c3ccc(-c4ccccc4)cc3)OC(C)=O)[C@H](C)[C@H](N=[N+]=[N-])C1O2. The Balaban J connectivity index is 1.48. The minimum Gasteiger partial charge on any atom is -0.465 e. The van der Waals surface area contributed by atoms with Crippen LogP contribution in [0, 0.1) is 11.8 Å². The molecule has 7 atom stereocenters. The molecule has 4 rings (SSSR count). The van der Waals surface area contributed by atoms with Crippen molar-refractivity contribution in [2.24, 2.45) is 17.0 Å². The van der Waals surface area contributed by atoms with Crippen LogP contribution in [0.25, 0.3) is 21.6 Å². The molecule has 2 aliphatic heterocycles. The Kier molecular flexibility index (Phi) is 8.01. The predicted octanol–water partition coefficient (Wildman–Crippen LogP) is 3.63. The maximum atomic E-state index is 12.9. The highest BCUT2D eigenvalue weighted by molar-refractivity contribution is 5.94. The Morgan fingerprint density at radius 2 is 1.76 bits per heavy atom. The van der Waals surface area contributed by atoms with Gasteiger partial charge in [-0.15, -0.1) is 0 Å². The number of hydrogen-bond donors (Lipinski definition) is 1. The van der Waals surface area contributed by atoms with Crippen molar-refractivity contribution in [1.82, 2.24) is 5.32 Å². The van der Waals surface area contributed by atoms with Gasteiger partial charge in [-0.3, -0.25) is 9.59 Å². The molecule has 2 unspecified atom stereocenters. The van der Waals surface area contributed by atoms with E-state index in [-0.39, 0.29) is 18.4 Å². The van der Waals surface area contributed by atoms with Gasteiger partial charge in [-0.1, -0.05) is 61.4 Å². The highest BCUT2D eigenvalue weighted by Crippen LogP contribution is 2.52. The van der Waals surface area contributed by atoms with Crippen LogP contribution >= 0.6 is 0 Å². The maximum absolute atomic E-state index is 12.9. The van der Waals surface area contributed by atoms with E-state index in [2.05, 4.69) is 15.3 Å². The van der Waals surface area contributed by atoms with Gasteiger partial charge in [0, 0.05) is 23.3 Å². The molecule has 11 nitrogen and oxygen atoms in total. The van der Waals surface area contributed by atoms with Crippen molar-refractivity contribution in [2.45, 2.75) is 50.9 Å². The lowest BCUT2D eigenvalue weighted by Crippen LogP contribution is -2.54. The van der Waals surface area contributed by atoms with Crippen LogP contribution in [0.3, 0.4) is 0 Å². The zero-order chi connectivity index (χ0) is 27.4. The van der Waals surface area contributed by atoms with E-state index in [0.717, 1.165) is 11.1 Å². The summed E-state index contributed by atoms with van der Waals surface area (Å²) in [6.45, 7) is 4.85. The van der Waals surface area contributed by atoms with Gasteiger partial charge in [-0.05, 0) is 34.7 Å². The maximum Gasteiger partial charge on any atom is 0.369 e. The summed E-state index contributed by atoms with van der Waals surface area (Å²) in [6.07, 6.45) is -2.28. The molecule has 38 heavy (non-hydrogen) atoms. The number of azide groups is 1. The molecule has 0 aromatic heterocycles. The number of amides is 1. The van der Waals surface area contributed by atoms with E-state index in [1.165, 1.54) is 14.0 Å². The Morgan fingerprint density at radius 1 is 1.11 bits per heavy atom. The van der Waals surface area contributed by atoms with E-state index in [1.807, 2.05) is 42.5 Å². The number of ether oxygens (including phenoxy) is 4. The topological polar surface area (TPSA) is 152 Å². The molecule has 11 heteroatoms. The molecule has 0 spiro atoms. The largest absolute Gasteiger partial charge is 0.465 e. The first-order valence-corrected chi connectivity index (χ1v) is 12.3. The molecule has 0 aliphatic carbocycles. The third kappa shape index (κ3) is 5.35. The summed E-state index contributed by atoms with van der Waals surface area (Å²) in [6, 6.07) is 16.3. The van der Waals surface area contributed by atoms with Crippen LogP contribution in [-0.4, -0.2) is 61.6 Å². The fourth-order valence-corrected chi connectivity index (χ4v) is 4.99. The molecule has 2 aromatic rings. The molecule has 1 N–H and O–H groups in total. The van der Waals surface area contributed by atoms with Crippen LogP contribution in [0.15, 0.2) is 59.7 Å². The summed E-state index contributed by atoms with van der Waals surface area (Å²) >= 11 is 0. The molecule has 1 amide bonds. The molecule has 2 fully saturated rings. The predicted molar refractivity (Wildman–Crippen MR) is 136 cm³/mol. The summed E-state index contributed by atoms with van der Waals surface area (Å²) in [5, 5.41) is 6.66. The number of rotatable bonds is 9. The number of benzene rings is 2. The van der Waals surface area contributed by atoms with Gasteiger partial charge in [0.1, 0.15) is 12.2 Å². The van der Waals surface area contributed by atoms with Crippen LogP contribution in [-0.2, 0) is 28.5 Å². The van der Waals surface area contributed by atoms with Crippen molar-refractivity contribution in [1.29, 1.82) is 0 Å². The first kappa shape index (κ1) is 27.1. The number of nitrogens with one attached hydrogen (secondary N) is 1. The van der Waals surface area contributed by atoms with Gasteiger partial charge in [0.2, 0.25) is 0 Å². The highest BCUT2D eigenvalue weighted by Gasteiger charge is 2.73. The van der Waals surface area contributed by atoms with Gasteiger partial charge in [-0.25, -0.2) is 4.79 Å². The minimum absolute atomic E-state index is 0.00566. The third-order valence-corrected chi connectivity index (χ3v) is 7.09. The van der Waals surface area contributed by atoms with Crippen molar-refractivity contribution >= 4 is 17.8 Å². The van der Waals surface area contributed by atoms with Gasteiger partial charge in [0.15, 0.2) is 0 Å². The summed E-state index contributed by atoms with van der Waals surface area (Å²) in [5.41, 5.74) is 11.5. The highest BCUT2D eigenvalue weighted by atomic mass is 16.8. The fraction of sp³-hybridized carbons (Fsp3) is 0.444. The third-order valence-electron chi connectivity index (χ3n) is 7.09. The van der Waals surface area contributed by atoms with Gasteiger partial charge < -0.3 is 24.3 Å².